The van der Waals surface area contributed by atoms with Gasteiger partial charge in [0.2, 0.25) is 0 Å². The summed E-state index contributed by atoms with van der Waals surface area (Å²) < 4.78 is 1.07. The predicted octanol–water partition coefficient (Wildman–Crippen LogP) is 3.86. The Morgan fingerprint density at radius 2 is 1.93 bits per heavy atom. The Hall–Kier alpha value is -1.28. The van der Waals surface area contributed by atoms with Gasteiger partial charge in [0.15, 0.2) is 0 Å². The first-order valence-electron chi connectivity index (χ1n) is 4.79. The molecule has 1 radical (unpaired) electrons. The average Bonchev–Trinajstić information content (AvgIpc) is 2.28. The van der Waals surface area contributed by atoms with Gasteiger partial charge in [-0.05, 0) is 17.7 Å². The maximum absolute atomic E-state index is 3.43. The molecule has 0 heterocycles. The van der Waals surface area contributed by atoms with Crippen LogP contribution in [0.2, 0.25) is 0 Å². The fourth-order valence-electron chi connectivity index (χ4n) is 1.33. The number of nitrogens with one attached hydrogen (secondary N) is 1. The van der Waals surface area contributed by atoms with Crippen molar-refractivity contribution < 1.29 is 0 Å². The summed E-state index contributed by atoms with van der Waals surface area (Å²) >= 11 is 3.43. The van der Waals surface area contributed by atoms with Crippen LogP contribution in [0.15, 0.2) is 53.0 Å². The van der Waals surface area contributed by atoms with Crippen LogP contribution in [0, 0.1) is 6.07 Å². The third-order valence-corrected chi connectivity index (χ3v) is 2.58. The van der Waals surface area contributed by atoms with Crippen LogP contribution < -0.4 is 5.32 Å². The topological polar surface area (TPSA) is 12.0 Å². The van der Waals surface area contributed by atoms with E-state index in [9.17, 15) is 0 Å². The zero-order valence-corrected chi connectivity index (χ0v) is 9.79. The van der Waals surface area contributed by atoms with Gasteiger partial charge in [0.25, 0.3) is 0 Å². The summed E-state index contributed by atoms with van der Waals surface area (Å²) in [5.74, 6) is 0. The summed E-state index contributed by atoms with van der Waals surface area (Å²) in [4.78, 5) is 0. The Morgan fingerprint density at radius 1 is 1.13 bits per heavy atom. The molecule has 1 N–H and O–H groups in total. The van der Waals surface area contributed by atoms with E-state index in [1.807, 2.05) is 36.4 Å². The van der Waals surface area contributed by atoms with Crippen LogP contribution in [0.4, 0.5) is 5.69 Å². The van der Waals surface area contributed by atoms with Crippen molar-refractivity contribution in [1.29, 1.82) is 0 Å². The second-order valence-corrected chi connectivity index (χ2v) is 4.18. The first kappa shape index (κ1) is 10.2. The van der Waals surface area contributed by atoms with Gasteiger partial charge in [-0.15, -0.1) is 0 Å². The lowest BCUT2D eigenvalue weighted by atomic mass is 10.2. The Balaban J connectivity index is 1.99. The predicted molar refractivity (Wildman–Crippen MR) is 66.7 cm³/mol. The summed E-state index contributed by atoms with van der Waals surface area (Å²) in [5.41, 5.74) is 2.28. The van der Waals surface area contributed by atoms with E-state index in [1.165, 1.54) is 5.56 Å². The molecule has 75 valence electrons. The van der Waals surface area contributed by atoms with Crippen molar-refractivity contribution in [3.63, 3.8) is 0 Å². The average molecular weight is 261 g/mol. The summed E-state index contributed by atoms with van der Waals surface area (Å²) in [5, 5.41) is 3.32. The Bertz CT molecular complexity index is 426. The highest BCUT2D eigenvalue weighted by molar-refractivity contribution is 9.10. The number of benzene rings is 2. The van der Waals surface area contributed by atoms with Gasteiger partial charge in [-0.1, -0.05) is 52.3 Å². The van der Waals surface area contributed by atoms with Crippen molar-refractivity contribution in [1.82, 2.24) is 0 Å². The fourth-order valence-corrected chi connectivity index (χ4v) is 1.70. The molecule has 0 aliphatic carbocycles. The van der Waals surface area contributed by atoms with Crippen molar-refractivity contribution in [3.8, 4) is 0 Å². The quantitative estimate of drug-likeness (QED) is 0.884. The summed E-state index contributed by atoms with van der Waals surface area (Å²) in [7, 11) is 0. The number of hydrogen-bond acceptors (Lipinski definition) is 1. The highest BCUT2D eigenvalue weighted by Crippen LogP contribution is 2.15. The molecular formula is C13H11BrN. The maximum Gasteiger partial charge on any atom is 0.0434 e. The van der Waals surface area contributed by atoms with Gasteiger partial charge in [0.05, 0.1) is 0 Å². The van der Waals surface area contributed by atoms with E-state index in [0.717, 1.165) is 16.7 Å². The third-order valence-electron chi connectivity index (χ3n) is 2.09. The Kier molecular flexibility index (Phi) is 3.41. The third kappa shape index (κ3) is 3.10. The van der Waals surface area contributed by atoms with Gasteiger partial charge in [-0.2, -0.15) is 0 Å². The maximum atomic E-state index is 3.43. The van der Waals surface area contributed by atoms with Crippen molar-refractivity contribution in [2.45, 2.75) is 6.54 Å². The first-order valence-corrected chi connectivity index (χ1v) is 5.59. The molecule has 0 unspecified atom stereocenters. The summed E-state index contributed by atoms with van der Waals surface area (Å²) in [6.45, 7) is 0.827. The molecule has 0 aliphatic rings. The molecule has 0 spiro atoms. The van der Waals surface area contributed by atoms with Crippen LogP contribution in [0.25, 0.3) is 0 Å². The van der Waals surface area contributed by atoms with Gasteiger partial charge >= 0.3 is 0 Å². The highest BCUT2D eigenvalue weighted by atomic mass is 79.9. The molecule has 0 aromatic heterocycles. The van der Waals surface area contributed by atoms with Crippen molar-refractivity contribution >= 4 is 21.6 Å². The molecule has 0 amide bonds. The lowest BCUT2D eigenvalue weighted by Crippen LogP contribution is -1.98. The van der Waals surface area contributed by atoms with E-state index < -0.39 is 0 Å². The van der Waals surface area contributed by atoms with E-state index in [4.69, 9.17) is 0 Å². The van der Waals surface area contributed by atoms with Crippen molar-refractivity contribution in [2.24, 2.45) is 0 Å². The van der Waals surface area contributed by atoms with E-state index >= 15 is 0 Å². The molecule has 0 fully saturated rings. The van der Waals surface area contributed by atoms with E-state index in [1.54, 1.807) is 0 Å². The zero-order chi connectivity index (χ0) is 10.5. The molecule has 0 aliphatic heterocycles. The number of hydrogen-bond donors (Lipinski definition) is 1. The molecule has 2 aromatic rings. The Labute approximate surface area is 98.3 Å². The van der Waals surface area contributed by atoms with Gasteiger partial charge < -0.3 is 5.32 Å². The van der Waals surface area contributed by atoms with Crippen molar-refractivity contribution in [3.05, 3.63) is 64.6 Å². The SMILES string of the molecule is Brc1cc[c]c(NCc2ccccc2)c1. The standard InChI is InChI=1S/C13H11BrN/c14-12-7-4-8-13(9-12)15-10-11-5-2-1-3-6-11/h1-7,9,15H,10H2. The molecule has 2 aromatic carbocycles. The molecule has 0 saturated heterocycles. The summed E-state index contributed by atoms with van der Waals surface area (Å²) in [6, 6.07) is 19.3. The van der Waals surface area contributed by atoms with Crippen LogP contribution in [0.1, 0.15) is 5.56 Å². The number of halogens is 1. The molecular weight excluding hydrogens is 250 g/mol. The normalized spacial score (nSPS) is 9.93. The van der Waals surface area contributed by atoms with Crippen LogP contribution >= 0.6 is 15.9 Å². The number of rotatable bonds is 3. The minimum atomic E-state index is 0.827. The molecule has 15 heavy (non-hydrogen) atoms. The van der Waals surface area contributed by atoms with Crippen molar-refractivity contribution in [2.75, 3.05) is 5.32 Å². The van der Waals surface area contributed by atoms with E-state index in [0.29, 0.717) is 0 Å². The molecule has 0 saturated carbocycles. The molecule has 1 nitrogen and oxygen atoms in total. The fraction of sp³-hybridized carbons (Fsp3) is 0.0769. The van der Waals surface area contributed by atoms with Crippen LogP contribution in [0.3, 0.4) is 0 Å². The van der Waals surface area contributed by atoms with Gasteiger partial charge in [-0.25, -0.2) is 0 Å². The van der Waals surface area contributed by atoms with Crippen LogP contribution in [-0.4, -0.2) is 0 Å². The monoisotopic (exact) mass is 260 g/mol. The van der Waals surface area contributed by atoms with Gasteiger partial charge in [-0.3, -0.25) is 0 Å². The lowest BCUT2D eigenvalue weighted by Gasteiger charge is -2.05. The van der Waals surface area contributed by atoms with Gasteiger partial charge in [0, 0.05) is 22.8 Å². The Morgan fingerprint density at radius 3 is 2.67 bits per heavy atom. The first-order chi connectivity index (χ1) is 7.34. The second-order valence-electron chi connectivity index (χ2n) is 3.26. The zero-order valence-electron chi connectivity index (χ0n) is 8.20. The van der Waals surface area contributed by atoms with E-state index in [2.05, 4.69) is 39.4 Å². The van der Waals surface area contributed by atoms with E-state index in [-0.39, 0.29) is 0 Å². The second kappa shape index (κ2) is 4.99. The van der Waals surface area contributed by atoms with Crippen LogP contribution in [0.5, 0.6) is 0 Å². The highest BCUT2D eigenvalue weighted by Gasteiger charge is 1.94. The van der Waals surface area contributed by atoms with Crippen LogP contribution in [-0.2, 0) is 6.54 Å². The smallest absolute Gasteiger partial charge is 0.0434 e. The molecule has 2 rings (SSSR count). The minimum Gasteiger partial charge on any atom is -0.380 e. The summed E-state index contributed by atoms with van der Waals surface area (Å²) in [6.07, 6.45) is 0. The minimum absolute atomic E-state index is 0.827. The lowest BCUT2D eigenvalue weighted by molar-refractivity contribution is 1.15. The largest absolute Gasteiger partial charge is 0.380 e. The number of anilines is 1. The molecule has 2 heteroatoms. The molecule has 0 bridgehead atoms. The van der Waals surface area contributed by atoms with Gasteiger partial charge in [0.1, 0.15) is 0 Å². The molecule has 0 atom stereocenters.